The minimum absolute atomic E-state index is 0.0404. The molecule has 166 valence electrons. The summed E-state index contributed by atoms with van der Waals surface area (Å²) in [5, 5.41) is 4.60. The third kappa shape index (κ3) is 3.68. The fraction of sp³-hybridized carbons (Fsp3) is 0.174. The van der Waals surface area contributed by atoms with Gasteiger partial charge >= 0.3 is 0 Å². The zero-order valence-corrected chi connectivity index (χ0v) is 19.2. The molecule has 9 nitrogen and oxygen atoms in total. The molecule has 0 spiro atoms. The highest BCUT2D eigenvalue weighted by atomic mass is 32.2. The van der Waals surface area contributed by atoms with Crippen molar-refractivity contribution in [1.82, 2.24) is 34.3 Å². The summed E-state index contributed by atoms with van der Waals surface area (Å²) in [4.78, 5) is 18.0. The Morgan fingerprint density at radius 3 is 2.64 bits per heavy atom. The number of fused-ring (bicyclic) bond motifs is 1. The van der Waals surface area contributed by atoms with Gasteiger partial charge in [-0.05, 0) is 43.3 Å². The Kier molecular flexibility index (Phi) is 5.01. The van der Waals surface area contributed by atoms with Gasteiger partial charge in [-0.2, -0.15) is 5.10 Å². The number of hydrogen-bond acceptors (Lipinski definition) is 7. The average Bonchev–Trinajstić information content (AvgIpc) is 3.44. The predicted molar refractivity (Wildman–Crippen MR) is 125 cm³/mol. The molecule has 0 radical (unpaired) electrons. The van der Waals surface area contributed by atoms with E-state index in [2.05, 4.69) is 15.1 Å². The number of hydrogen-bond donors (Lipinski definition) is 0. The summed E-state index contributed by atoms with van der Waals surface area (Å²) < 4.78 is 29.3. The molecular weight excluding hydrogens is 438 g/mol. The summed E-state index contributed by atoms with van der Waals surface area (Å²) in [6.45, 7) is 3.50. The lowest BCUT2D eigenvalue weighted by Gasteiger charge is -2.10. The zero-order chi connectivity index (χ0) is 23.2. The second-order valence-corrected chi connectivity index (χ2v) is 9.86. The van der Waals surface area contributed by atoms with Crippen LogP contribution in [0.2, 0.25) is 0 Å². The van der Waals surface area contributed by atoms with Crippen LogP contribution in [0.1, 0.15) is 12.6 Å². The minimum Gasteiger partial charge on any atom is -0.324 e. The fourth-order valence-electron chi connectivity index (χ4n) is 3.65. The summed E-state index contributed by atoms with van der Waals surface area (Å²) in [7, 11) is -1.71. The number of imidazole rings is 1. The van der Waals surface area contributed by atoms with Crippen LogP contribution in [-0.4, -0.2) is 48.5 Å². The minimum atomic E-state index is -3.54. The van der Waals surface area contributed by atoms with Gasteiger partial charge in [0.25, 0.3) is 0 Å². The van der Waals surface area contributed by atoms with Crippen LogP contribution in [0.4, 0.5) is 0 Å². The van der Waals surface area contributed by atoms with Crippen molar-refractivity contribution in [2.45, 2.75) is 18.7 Å². The number of aryl methyl sites for hydroxylation is 2. The van der Waals surface area contributed by atoms with Crippen LogP contribution in [0.25, 0.3) is 39.6 Å². The Labute approximate surface area is 190 Å². The molecule has 33 heavy (non-hydrogen) atoms. The highest BCUT2D eigenvalue weighted by molar-refractivity contribution is 7.91. The molecule has 0 bridgehead atoms. The maximum Gasteiger partial charge on any atom is 0.180 e. The van der Waals surface area contributed by atoms with Crippen LogP contribution < -0.4 is 0 Å². The maximum atomic E-state index is 12.9. The van der Waals surface area contributed by atoms with Crippen molar-refractivity contribution in [3.63, 3.8) is 0 Å². The maximum absolute atomic E-state index is 12.9. The van der Waals surface area contributed by atoms with E-state index < -0.39 is 9.84 Å². The molecule has 0 fully saturated rings. The number of sulfone groups is 1. The monoisotopic (exact) mass is 459 g/mol. The number of aromatic nitrogens is 7. The third-order valence-electron chi connectivity index (χ3n) is 5.45. The molecule has 0 aromatic carbocycles. The van der Waals surface area contributed by atoms with Crippen LogP contribution in [0.3, 0.4) is 0 Å². The Balaban J connectivity index is 1.70. The van der Waals surface area contributed by atoms with Crippen molar-refractivity contribution in [1.29, 1.82) is 0 Å². The highest BCUT2D eigenvalue weighted by Gasteiger charge is 2.24. The van der Waals surface area contributed by atoms with Crippen LogP contribution in [-0.2, 0) is 16.9 Å². The van der Waals surface area contributed by atoms with Crippen LogP contribution in [0.5, 0.6) is 0 Å². The van der Waals surface area contributed by atoms with Gasteiger partial charge in [0.1, 0.15) is 11.4 Å². The van der Waals surface area contributed by atoms with Crippen molar-refractivity contribution in [3.8, 4) is 28.6 Å². The predicted octanol–water partition coefficient (Wildman–Crippen LogP) is 3.38. The van der Waals surface area contributed by atoms with E-state index in [-0.39, 0.29) is 10.6 Å². The molecule has 0 aliphatic heterocycles. The summed E-state index contributed by atoms with van der Waals surface area (Å²) in [5.74, 6) is 0.416. The van der Waals surface area contributed by atoms with E-state index >= 15 is 0 Å². The van der Waals surface area contributed by atoms with Crippen molar-refractivity contribution in [2.24, 2.45) is 7.05 Å². The van der Waals surface area contributed by atoms with Crippen LogP contribution in [0, 0.1) is 6.92 Å². The molecule has 5 aromatic heterocycles. The van der Waals surface area contributed by atoms with Crippen molar-refractivity contribution < 1.29 is 8.42 Å². The smallest absolute Gasteiger partial charge is 0.180 e. The standard InChI is InChI=1S/C23H21N7O2S/c1-4-33(31,32)21-8-7-17(18-9-11-30(28-18)16-6-5-10-24-13-16)26-22(21)23-27-19-12-15(2)25-14-20(19)29(23)3/h5-14H,4H2,1-3H3. The van der Waals surface area contributed by atoms with Gasteiger partial charge in [-0.25, -0.2) is 23.1 Å². The molecule has 0 aliphatic rings. The molecule has 0 amide bonds. The van der Waals surface area contributed by atoms with Crippen molar-refractivity contribution in [3.05, 3.63) is 66.9 Å². The van der Waals surface area contributed by atoms with E-state index in [1.54, 1.807) is 42.3 Å². The van der Waals surface area contributed by atoms with E-state index in [0.29, 0.717) is 22.9 Å². The van der Waals surface area contributed by atoms with Gasteiger partial charge in [0.15, 0.2) is 15.7 Å². The van der Waals surface area contributed by atoms with Crippen LogP contribution >= 0.6 is 0 Å². The van der Waals surface area contributed by atoms with E-state index in [1.165, 1.54) is 0 Å². The Bertz CT molecular complexity index is 1590. The summed E-state index contributed by atoms with van der Waals surface area (Å²) in [6, 6.07) is 10.7. The topological polar surface area (TPSA) is 108 Å². The van der Waals surface area contributed by atoms with E-state index in [4.69, 9.17) is 9.97 Å². The Morgan fingerprint density at radius 2 is 1.88 bits per heavy atom. The molecule has 0 atom stereocenters. The molecule has 0 saturated carbocycles. The lowest BCUT2D eigenvalue weighted by atomic mass is 10.2. The molecule has 10 heteroatoms. The molecule has 0 saturated heterocycles. The quantitative estimate of drug-likeness (QED) is 0.396. The van der Waals surface area contributed by atoms with Gasteiger partial charge in [0.05, 0.1) is 45.5 Å². The lowest BCUT2D eigenvalue weighted by Crippen LogP contribution is -2.09. The third-order valence-corrected chi connectivity index (χ3v) is 7.21. The SMILES string of the molecule is CCS(=O)(=O)c1ccc(-c2ccn(-c3cccnc3)n2)nc1-c1nc2cc(C)ncc2n1C. The second-order valence-electron chi connectivity index (χ2n) is 7.61. The summed E-state index contributed by atoms with van der Waals surface area (Å²) in [5.41, 5.74) is 4.61. The van der Waals surface area contributed by atoms with Gasteiger partial charge < -0.3 is 4.57 Å². The first-order valence-electron chi connectivity index (χ1n) is 10.4. The molecule has 5 rings (SSSR count). The molecule has 0 aliphatic carbocycles. The van der Waals surface area contributed by atoms with Gasteiger partial charge in [0.2, 0.25) is 0 Å². The largest absolute Gasteiger partial charge is 0.324 e. The molecule has 5 aromatic rings. The summed E-state index contributed by atoms with van der Waals surface area (Å²) >= 11 is 0. The zero-order valence-electron chi connectivity index (χ0n) is 18.3. The number of rotatable bonds is 5. The molecular formula is C23H21N7O2S. The molecule has 0 N–H and O–H groups in total. The van der Waals surface area contributed by atoms with Gasteiger partial charge in [-0.15, -0.1) is 0 Å². The number of nitrogens with zero attached hydrogens (tertiary/aromatic N) is 7. The van der Waals surface area contributed by atoms with Gasteiger partial charge in [0, 0.05) is 25.1 Å². The Morgan fingerprint density at radius 1 is 1.03 bits per heavy atom. The van der Waals surface area contributed by atoms with Gasteiger partial charge in [-0.3, -0.25) is 9.97 Å². The van der Waals surface area contributed by atoms with E-state index in [0.717, 1.165) is 22.4 Å². The fourth-order valence-corrected chi connectivity index (χ4v) is 4.67. The highest BCUT2D eigenvalue weighted by Crippen LogP contribution is 2.31. The molecule has 0 unspecified atom stereocenters. The molecule has 5 heterocycles. The second kappa shape index (κ2) is 7.89. The first kappa shape index (κ1) is 21.0. The van der Waals surface area contributed by atoms with Gasteiger partial charge in [-0.1, -0.05) is 6.92 Å². The summed E-state index contributed by atoms with van der Waals surface area (Å²) in [6.07, 6.45) is 6.95. The van der Waals surface area contributed by atoms with Crippen molar-refractivity contribution in [2.75, 3.05) is 5.75 Å². The normalized spacial score (nSPS) is 11.8. The first-order valence-corrected chi connectivity index (χ1v) is 12.0. The van der Waals surface area contributed by atoms with Crippen molar-refractivity contribution >= 4 is 20.9 Å². The lowest BCUT2D eigenvalue weighted by molar-refractivity contribution is 0.597. The van der Waals surface area contributed by atoms with E-state index in [9.17, 15) is 8.42 Å². The first-order chi connectivity index (χ1) is 15.9. The average molecular weight is 460 g/mol. The van der Waals surface area contributed by atoms with E-state index in [1.807, 2.05) is 49.0 Å². The Hall–Kier alpha value is -3.92. The number of pyridine rings is 3. The van der Waals surface area contributed by atoms with Crippen LogP contribution in [0.15, 0.2) is 66.1 Å².